The van der Waals surface area contributed by atoms with Crippen LogP contribution in [-0.4, -0.2) is 36.9 Å². The van der Waals surface area contributed by atoms with Crippen molar-refractivity contribution in [3.63, 3.8) is 0 Å². The lowest BCUT2D eigenvalue weighted by Gasteiger charge is -2.27. The number of Topliss-reactive ketones (excluding diaryl/α,β-unsaturated/α-hetero) is 1. The molecular weight excluding hydrogens is 240 g/mol. The van der Waals surface area contributed by atoms with Crippen molar-refractivity contribution in [3.05, 3.63) is 0 Å². The van der Waals surface area contributed by atoms with E-state index < -0.39 is 20.7 Å². The second-order valence-electron chi connectivity index (χ2n) is 6.10. The van der Waals surface area contributed by atoms with E-state index in [1.165, 1.54) is 6.92 Å². The molecule has 0 bridgehead atoms. The van der Waals surface area contributed by atoms with Gasteiger partial charge in [-0.15, -0.1) is 0 Å². The molecule has 0 saturated carbocycles. The van der Waals surface area contributed by atoms with Crippen LogP contribution in [-0.2, 0) is 19.4 Å². The molecule has 0 aliphatic carbocycles. The van der Waals surface area contributed by atoms with Gasteiger partial charge >= 0.3 is 0 Å². The fraction of sp³-hybridized carbons (Fsp3) is 0.917. The number of carbonyl (C=O) groups is 1. The SMILES string of the molecule is CC(C(=O)C1CC(C)(C)OC1(C)C)S(C)(=O)=O. The minimum Gasteiger partial charge on any atom is -0.369 e. The summed E-state index contributed by atoms with van der Waals surface area (Å²) < 4.78 is 28.7. The number of ether oxygens (including phenoxy) is 1. The molecule has 2 unspecified atom stereocenters. The maximum atomic E-state index is 12.2. The monoisotopic (exact) mass is 262 g/mol. The van der Waals surface area contributed by atoms with Gasteiger partial charge in [0, 0.05) is 6.26 Å². The molecule has 0 aromatic carbocycles. The Morgan fingerprint density at radius 2 is 1.76 bits per heavy atom. The summed E-state index contributed by atoms with van der Waals surface area (Å²) in [4.78, 5) is 12.2. The first-order valence-corrected chi connectivity index (χ1v) is 7.75. The van der Waals surface area contributed by atoms with Crippen LogP contribution in [0.5, 0.6) is 0 Å². The fourth-order valence-electron chi connectivity index (χ4n) is 2.50. The van der Waals surface area contributed by atoms with Crippen LogP contribution in [0.4, 0.5) is 0 Å². The summed E-state index contributed by atoms with van der Waals surface area (Å²) >= 11 is 0. The van der Waals surface area contributed by atoms with Crippen LogP contribution >= 0.6 is 0 Å². The molecule has 17 heavy (non-hydrogen) atoms. The van der Waals surface area contributed by atoms with Crippen molar-refractivity contribution in [1.82, 2.24) is 0 Å². The summed E-state index contributed by atoms with van der Waals surface area (Å²) in [7, 11) is -3.33. The Balaban J connectivity index is 2.99. The molecule has 1 heterocycles. The third-order valence-electron chi connectivity index (χ3n) is 3.46. The van der Waals surface area contributed by atoms with Crippen molar-refractivity contribution in [2.24, 2.45) is 5.92 Å². The van der Waals surface area contributed by atoms with Crippen molar-refractivity contribution < 1.29 is 17.9 Å². The van der Waals surface area contributed by atoms with Gasteiger partial charge in [-0.1, -0.05) is 0 Å². The Kier molecular flexibility index (Phi) is 3.49. The summed E-state index contributed by atoms with van der Waals surface area (Å²) in [6, 6.07) is 0. The summed E-state index contributed by atoms with van der Waals surface area (Å²) in [6.45, 7) is 9.00. The molecule has 0 aromatic heterocycles. The van der Waals surface area contributed by atoms with E-state index in [1.807, 2.05) is 27.7 Å². The van der Waals surface area contributed by atoms with Gasteiger partial charge in [0.1, 0.15) is 5.25 Å². The van der Waals surface area contributed by atoms with Crippen molar-refractivity contribution in [2.45, 2.75) is 57.5 Å². The Morgan fingerprint density at radius 1 is 1.29 bits per heavy atom. The molecule has 5 heteroatoms. The molecule has 0 amide bonds. The first kappa shape index (κ1) is 14.6. The van der Waals surface area contributed by atoms with Crippen LogP contribution in [0.3, 0.4) is 0 Å². The second-order valence-corrected chi connectivity index (χ2v) is 8.46. The van der Waals surface area contributed by atoms with Gasteiger partial charge in [-0.05, 0) is 41.0 Å². The molecule has 0 radical (unpaired) electrons. The van der Waals surface area contributed by atoms with Gasteiger partial charge in [0.05, 0.1) is 17.1 Å². The van der Waals surface area contributed by atoms with Crippen LogP contribution in [0.25, 0.3) is 0 Å². The third kappa shape index (κ3) is 3.07. The molecule has 100 valence electrons. The highest BCUT2D eigenvalue weighted by Crippen LogP contribution is 2.43. The van der Waals surface area contributed by atoms with E-state index >= 15 is 0 Å². The van der Waals surface area contributed by atoms with Crippen LogP contribution < -0.4 is 0 Å². The Labute approximate surface area is 104 Å². The zero-order valence-corrected chi connectivity index (χ0v) is 12.2. The molecule has 0 aromatic rings. The average molecular weight is 262 g/mol. The molecule has 1 fully saturated rings. The zero-order chi connectivity index (χ0) is 13.6. The lowest BCUT2D eigenvalue weighted by atomic mass is 9.83. The number of carbonyl (C=O) groups excluding carboxylic acids is 1. The average Bonchev–Trinajstić information content (AvgIpc) is 2.30. The first-order valence-electron chi connectivity index (χ1n) is 5.79. The Bertz CT molecular complexity index is 420. The second kappa shape index (κ2) is 4.05. The predicted octanol–water partition coefficient (Wildman–Crippen LogP) is 1.58. The fourth-order valence-corrected chi connectivity index (χ4v) is 3.09. The van der Waals surface area contributed by atoms with E-state index in [0.29, 0.717) is 6.42 Å². The van der Waals surface area contributed by atoms with Gasteiger partial charge in [-0.2, -0.15) is 0 Å². The molecule has 1 rings (SSSR count). The summed E-state index contributed by atoms with van der Waals surface area (Å²) in [5.74, 6) is -0.592. The normalized spacial score (nSPS) is 28.9. The van der Waals surface area contributed by atoms with E-state index in [1.54, 1.807) is 0 Å². The van der Waals surface area contributed by atoms with Gasteiger partial charge in [-0.3, -0.25) is 4.79 Å². The summed E-state index contributed by atoms with van der Waals surface area (Å²) in [5, 5.41) is -0.954. The highest BCUT2D eigenvalue weighted by Gasteiger charge is 2.50. The molecule has 4 nitrogen and oxygen atoms in total. The summed E-state index contributed by atoms with van der Waals surface area (Å²) in [6.07, 6.45) is 1.67. The lowest BCUT2D eigenvalue weighted by Crippen LogP contribution is -2.40. The molecule has 1 saturated heterocycles. The van der Waals surface area contributed by atoms with Crippen LogP contribution in [0.15, 0.2) is 0 Å². The molecule has 1 aliphatic heterocycles. The highest BCUT2D eigenvalue weighted by molar-refractivity contribution is 7.92. The van der Waals surface area contributed by atoms with E-state index in [0.717, 1.165) is 6.26 Å². The third-order valence-corrected chi connectivity index (χ3v) is 4.98. The molecule has 1 aliphatic rings. The van der Waals surface area contributed by atoms with Gasteiger partial charge in [0.15, 0.2) is 15.6 Å². The van der Waals surface area contributed by atoms with Crippen LogP contribution in [0.2, 0.25) is 0 Å². The molecule has 0 spiro atoms. The minimum absolute atomic E-state index is 0.233. The van der Waals surface area contributed by atoms with Gasteiger partial charge < -0.3 is 4.74 Å². The van der Waals surface area contributed by atoms with Crippen LogP contribution in [0, 0.1) is 5.92 Å². The maximum absolute atomic E-state index is 12.2. The van der Waals surface area contributed by atoms with Crippen molar-refractivity contribution in [2.75, 3.05) is 6.26 Å². The smallest absolute Gasteiger partial charge is 0.157 e. The Morgan fingerprint density at radius 3 is 2.06 bits per heavy atom. The van der Waals surface area contributed by atoms with Gasteiger partial charge in [0.25, 0.3) is 0 Å². The van der Waals surface area contributed by atoms with Crippen LogP contribution in [0.1, 0.15) is 41.0 Å². The highest BCUT2D eigenvalue weighted by atomic mass is 32.2. The van der Waals surface area contributed by atoms with E-state index in [4.69, 9.17) is 4.74 Å². The van der Waals surface area contributed by atoms with Crippen molar-refractivity contribution >= 4 is 15.6 Å². The predicted molar refractivity (Wildman–Crippen MR) is 66.7 cm³/mol. The largest absolute Gasteiger partial charge is 0.369 e. The standard InChI is InChI=1S/C12H22O4S/c1-8(17(6,14)15)10(13)9-7-11(2,3)16-12(9,4)5/h8-9H,7H2,1-6H3. The lowest BCUT2D eigenvalue weighted by molar-refractivity contribution is -0.128. The quantitative estimate of drug-likeness (QED) is 0.775. The molecule has 2 atom stereocenters. The molecule has 0 N–H and O–H groups in total. The van der Waals surface area contributed by atoms with E-state index in [-0.39, 0.29) is 17.3 Å². The van der Waals surface area contributed by atoms with E-state index in [9.17, 15) is 13.2 Å². The first-order chi connectivity index (χ1) is 7.37. The minimum atomic E-state index is -3.33. The Hall–Kier alpha value is -0.420. The number of sulfone groups is 1. The van der Waals surface area contributed by atoms with Gasteiger partial charge in [0.2, 0.25) is 0 Å². The number of hydrogen-bond acceptors (Lipinski definition) is 4. The summed E-state index contributed by atoms with van der Waals surface area (Å²) in [5.41, 5.74) is -0.972. The maximum Gasteiger partial charge on any atom is 0.157 e. The number of ketones is 1. The zero-order valence-electron chi connectivity index (χ0n) is 11.4. The van der Waals surface area contributed by atoms with Crippen molar-refractivity contribution in [3.8, 4) is 0 Å². The van der Waals surface area contributed by atoms with Crippen molar-refractivity contribution in [1.29, 1.82) is 0 Å². The molecular formula is C12H22O4S. The van der Waals surface area contributed by atoms with E-state index in [2.05, 4.69) is 0 Å². The van der Waals surface area contributed by atoms with Gasteiger partial charge in [-0.25, -0.2) is 8.42 Å². The number of hydrogen-bond donors (Lipinski definition) is 0. The number of rotatable bonds is 3. The topological polar surface area (TPSA) is 60.4 Å².